The molecule has 90 valence electrons. The summed E-state index contributed by atoms with van der Waals surface area (Å²) in [5, 5.41) is 2.72. The van der Waals surface area contributed by atoms with E-state index in [0.29, 0.717) is 11.3 Å². The number of benzene rings is 1. The lowest BCUT2D eigenvalue weighted by atomic mass is 10.1. The summed E-state index contributed by atoms with van der Waals surface area (Å²) >= 11 is 0. The molecular formula is C12H15N3O2. The van der Waals surface area contributed by atoms with Crippen LogP contribution in [0.2, 0.25) is 0 Å². The van der Waals surface area contributed by atoms with Crippen LogP contribution in [0, 0.1) is 0 Å². The predicted molar refractivity (Wildman–Crippen MR) is 64.8 cm³/mol. The van der Waals surface area contributed by atoms with E-state index >= 15 is 0 Å². The fraction of sp³-hybridized carbons (Fsp3) is 0.333. The number of hydrogen-bond donors (Lipinski definition) is 2. The van der Waals surface area contributed by atoms with Crippen LogP contribution in [0.5, 0.6) is 0 Å². The summed E-state index contributed by atoms with van der Waals surface area (Å²) in [5.74, 6) is -0.540. The number of nitrogens with two attached hydrogens (primary N) is 1. The normalized spacial score (nSPS) is 14.7. The van der Waals surface area contributed by atoms with E-state index in [2.05, 4.69) is 5.32 Å². The summed E-state index contributed by atoms with van der Waals surface area (Å²) in [6.07, 6.45) is 2.07. The van der Waals surface area contributed by atoms with Crippen molar-refractivity contribution in [3.8, 4) is 0 Å². The first kappa shape index (κ1) is 11.4. The summed E-state index contributed by atoms with van der Waals surface area (Å²) in [7, 11) is 0. The van der Waals surface area contributed by atoms with E-state index in [1.807, 2.05) is 0 Å². The van der Waals surface area contributed by atoms with Crippen molar-refractivity contribution >= 4 is 17.6 Å². The maximum absolute atomic E-state index is 11.9. The molecule has 5 heteroatoms. The van der Waals surface area contributed by atoms with Gasteiger partial charge < -0.3 is 16.0 Å². The standard InChI is InChI=1S/C12H15N3O2/c13-11(16)9-5-1-2-6-10(9)14-12(17)15-7-3-4-8-15/h1-2,5-6H,3-4,7-8H2,(H2,13,16)(H,14,17). The Morgan fingerprint density at radius 1 is 1.18 bits per heavy atom. The van der Waals surface area contributed by atoms with Gasteiger partial charge in [0, 0.05) is 13.1 Å². The Labute approximate surface area is 99.6 Å². The van der Waals surface area contributed by atoms with E-state index in [4.69, 9.17) is 5.73 Å². The van der Waals surface area contributed by atoms with Crippen molar-refractivity contribution in [2.75, 3.05) is 18.4 Å². The van der Waals surface area contributed by atoms with Gasteiger partial charge in [-0.25, -0.2) is 4.79 Å². The predicted octanol–water partition coefficient (Wildman–Crippen LogP) is 1.41. The molecule has 3 N–H and O–H groups in total. The summed E-state index contributed by atoms with van der Waals surface area (Å²) in [6.45, 7) is 1.54. The molecular weight excluding hydrogens is 218 g/mol. The second-order valence-electron chi connectivity index (χ2n) is 4.03. The van der Waals surface area contributed by atoms with E-state index in [9.17, 15) is 9.59 Å². The lowest BCUT2D eigenvalue weighted by Gasteiger charge is -2.17. The molecule has 0 atom stereocenters. The average molecular weight is 233 g/mol. The minimum Gasteiger partial charge on any atom is -0.366 e. The smallest absolute Gasteiger partial charge is 0.321 e. The Hall–Kier alpha value is -2.04. The number of carbonyl (C=O) groups is 2. The Morgan fingerprint density at radius 2 is 1.82 bits per heavy atom. The zero-order valence-corrected chi connectivity index (χ0v) is 9.48. The van der Waals surface area contributed by atoms with Crippen LogP contribution < -0.4 is 11.1 Å². The summed E-state index contributed by atoms with van der Waals surface area (Å²) < 4.78 is 0. The molecule has 0 saturated carbocycles. The van der Waals surface area contributed by atoms with Gasteiger partial charge in [0.15, 0.2) is 0 Å². The molecule has 0 aromatic heterocycles. The second-order valence-corrected chi connectivity index (χ2v) is 4.03. The van der Waals surface area contributed by atoms with E-state index in [1.165, 1.54) is 0 Å². The van der Waals surface area contributed by atoms with Crippen LogP contribution in [0.3, 0.4) is 0 Å². The molecule has 1 heterocycles. The molecule has 2 rings (SSSR count). The third-order valence-electron chi connectivity index (χ3n) is 2.83. The molecule has 0 bridgehead atoms. The molecule has 1 aliphatic heterocycles. The van der Waals surface area contributed by atoms with Gasteiger partial charge in [-0.3, -0.25) is 4.79 Å². The van der Waals surface area contributed by atoms with Gasteiger partial charge >= 0.3 is 6.03 Å². The maximum Gasteiger partial charge on any atom is 0.321 e. The molecule has 17 heavy (non-hydrogen) atoms. The molecule has 0 aliphatic carbocycles. The van der Waals surface area contributed by atoms with Crippen LogP contribution in [-0.2, 0) is 0 Å². The summed E-state index contributed by atoms with van der Waals surface area (Å²) in [4.78, 5) is 24.8. The van der Waals surface area contributed by atoms with Gasteiger partial charge in [-0.2, -0.15) is 0 Å². The number of carbonyl (C=O) groups excluding carboxylic acids is 2. The second kappa shape index (κ2) is 4.86. The van der Waals surface area contributed by atoms with Crippen LogP contribution in [0.15, 0.2) is 24.3 Å². The van der Waals surface area contributed by atoms with Crippen molar-refractivity contribution in [3.63, 3.8) is 0 Å². The van der Waals surface area contributed by atoms with Gasteiger partial charge in [-0.15, -0.1) is 0 Å². The van der Waals surface area contributed by atoms with E-state index in [0.717, 1.165) is 25.9 Å². The Kier molecular flexibility index (Phi) is 3.27. The zero-order valence-electron chi connectivity index (χ0n) is 9.48. The Morgan fingerprint density at radius 3 is 2.47 bits per heavy atom. The van der Waals surface area contributed by atoms with E-state index in [1.54, 1.807) is 29.2 Å². The fourth-order valence-corrected chi connectivity index (χ4v) is 1.92. The summed E-state index contributed by atoms with van der Waals surface area (Å²) in [6, 6.07) is 6.57. The topological polar surface area (TPSA) is 75.4 Å². The first-order valence-corrected chi connectivity index (χ1v) is 5.63. The third kappa shape index (κ3) is 2.55. The lowest BCUT2D eigenvalue weighted by molar-refractivity contribution is 0.100. The van der Waals surface area contributed by atoms with Crippen molar-refractivity contribution in [3.05, 3.63) is 29.8 Å². The molecule has 1 saturated heterocycles. The molecule has 0 unspecified atom stereocenters. The average Bonchev–Trinajstić information content (AvgIpc) is 2.83. The number of nitrogens with one attached hydrogen (secondary N) is 1. The zero-order chi connectivity index (χ0) is 12.3. The molecule has 1 aliphatic rings. The number of urea groups is 1. The van der Waals surface area contributed by atoms with Gasteiger partial charge in [0.05, 0.1) is 11.3 Å². The molecule has 1 aromatic rings. The highest BCUT2D eigenvalue weighted by atomic mass is 16.2. The SMILES string of the molecule is NC(=O)c1ccccc1NC(=O)N1CCCC1. The van der Waals surface area contributed by atoms with Gasteiger partial charge in [-0.05, 0) is 25.0 Å². The Bertz CT molecular complexity index is 439. The number of rotatable bonds is 2. The maximum atomic E-state index is 11.9. The van der Waals surface area contributed by atoms with Gasteiger partial charge in [0.2, 0.25) is 0 Å². The van der Waals surface area contributed by atoms with E-state index < -0.39 is 5.91 Å². The number of hydrogen-bond acceptors (Lipinski definition) is 2. The molecule has 3 amide bonds. The number of nitrogens with zero attached hydrogens (tertiary/aromatic N) is 1. The Balaban J connectivity index is 2.12. The summed E-state index contributed by atoms with van der Waals surface area (Å²) in [5.41, 5.74) is 6.04. The highest BCUT2D eigenvalue weighted by Crippen LogP contribution is 2.16. The number of likely N-dealkylation sites (tertiary alicyclic amines) is 1. The van der Waals surface area contributed by atoms with Crippen molar-refractivity contribution in [2.24, 2.45) is 5.73 Å². The highest BCUT2D eigenvalue weighted by Gasteiger charge is 2.19. The molecule has 5 nitrogen and oxygen atoms in total. The van der Waals surface area contributed by atoms with Gasteiger partial charge in [0.1, 0.15) is 0 Å². The van der Waals surface area contributed by atoms with Crippen LogP contribution in [-0.4, -0.2) is 29.9 Å². The number of amides is 3. The van der Waals surface area contributed by atoms with Crippen LogP contribution in [0.4, 0.5) is 10.5 Å². The van der Waals surface area contributed by atoms with Crippen molar-refractivity contribution in [1.82, 2.24) is 4.90 Å². The largest absolute Gasteiger partial charge is 0.366 e. The molecule has 1 aromatic carbocycles. The minimum absolute atomic E-state index is 0.170. The first-order chi connectivity index (χ1) is 8.18. The van der Waals surface area contributed by atoms with Crippen molar-refractivity contribution < 1.29 is 9.59 Å². The minimum atomic E-state index is -0.540. The van der Waals surface area contributed by atoms with E-state index in [-0.39, 0.29) is 6.03 Å². The lowest BCUT2D eigenvalue weighted by Crippen LogP contribution is -2.32. The van der Waals surface area contributed by atoms with Crippen molar-refractivity contribution in [1.29, 1.82) is 0 Å². The number of para-hydroxylation sites is 1. The van der Waals surface area contributed by atoms with Crippen LogP contribution in [0.25, 0.3) is 0 Å². The molecule has 0 spiro atoms. The van der Waals surface area contributed by atoms with Crippen LogP contribution in [0.1, 0.15) is 23.2 Å². The van der Waals surface area contributed by atoms with Crippen molar-refractivity contribution in [2.45, 2.75) is 12.8 Å². The quantitative estimate of drug-likeness (QED) is 0.810. The van der Waals surface area contributed by atoms with Gasteiger partial charge in [-0.1, -0.05) is 12.1 Å². The van der Waals surface area contributed by atoms with Gasteiger partial charge in [0.25, 0.3) is 5.91 Å². The molecule has 0 radical (unpaired) electrons. The highest BCUT2D eigenvalue weighted by molar-refractivity contribution is 6.02. The van der Waals surface area contributed by atoms with Crippen LogP contribution >= 0.6 is 0 Å². The number of anilines is 1. The molecule has 1 fully saturated rings. The third-order valence-corrected chi connectivity index (χ3v) is 2.83. The number of primary amides is 1. The fourth-order valence-electron chi connectivity index (χ4n) is 1.92. The monoisotopic (exact) mass is 233 g/mol. The first-order valence-electron chi connectivity index (χ1n) is 5.63.